The predicted molar refractivity (Wildman–Crippen MR) is 73.0 cm³/mol. The Balaban J connectivity index is 2.28. The number of benzene rings is 1. The van der Waals surface area contributed by atoms with E-state index >= 15 is 0 Å². The molecule has 104 valence electrons. The number of hydrogen-bond acceptors (Lipinski definition) is 4. The number of nitrogens with zero attached hydrogens (tertiary/aromatic N) is 1. The van der Waals surface area contributed by atoms with Gasteiger partial charge in [-0.25, -0.2) is 0 Å². The zero-order chi connectivity index (χ0) is 14.0. The van der Waals surface area contributed by atoms with Crippen molar-refractivity contribution in [3.8, 4) is 0 Å². The second-order valence-electron chi connectivity index (χ2n) is 5.02. The summed E-state index contributed by atoms with van der Waals surface area (Å²) in [6.07, 6.45) is 3.23. The SMILES string of the molecule is N[C@H](c1cc(Cl)ccc1[N+](=O)[O-])[C@@H](O)C1CCCC1. The Labute approximate surface area is 116 Å². The number of nitro groups is 1. The van der Waals surface area contributed by atoms with Gasteiger partial charge in [-0.05, 0) is 30.9 Å². The Morgan fingerprint density at radius 2 is 2.05 bits per heavy atom. The van der Waals surface area contributed by atoms with E-state index in [1.807, 2.05) is 0 Å². The van der Waals surface area contributed by atoms with Gasteiger partial charge in [0.05, 0.1) is 22.6 Å². The lowest BCUT2D eigenvalue weighted by molar-refractivity contribution is -0.385. The van der Waals surface area contributed by atoms with E-state index in [0.29, 0.717) is 10.6 Å². The molecule has 0 saturated heterocycles. The number of nitro benzene ring substituents is 1. The average molecular weight is 285 g/mol. The molecule has 3 N–H and O–H groups in total. The van der Waals surface area contributed by atoms with E-state index in [2.05, 4.69) is 0 Å². The maximum atomic E-state index is 11.0. The smallest absolute Gasteiger partial charge is 0.274 e. The number of nitrogens with two attached hydrogens (primary N) is 1. The maximum absolute atomic E-state index is 11.0. The van der Waals surface area contributed by atoms with Crippen molar-refractivity contribution in [2.75, 3.05) is 0 Å². The van der Waals surface area contributed by atoms with Gasteiger partial charge in [0.15, 0.2) is 0 Å². The molecule has 1 fully saturated rings. The standard InChI is InChI=1S/C13H17ClN2O3/c14-9-5-6-11(16(18)19)10(7-9)12(15)13(17)8-3-1-2-4-8/h5-8,12-13,17H,1-4,15H2/t12-,13+/m1/s1. The van der Waals surface area contributed by atoms with Crippen LogP contribution in [-0.2, 0) is 0 Å². The van der Waals surface area contributed by atoms with Crippen molar-refractivity contribution in [1.29, 1.82) is 0 Å². The molecule has 0 radical (unpaired) electrons. The lowest BCUT2D eigenvalue weighted by Gasteiger charge is -2.24. The van der Waals surface area contributed by atoms with Crippen molar-refractivity contribution < 1.29 is 10.0 Å². The highest BCUT2D eigenvalue weighted by atomic mass is 35.5. The van der Waals surface area contributed by atoms with Crippen LogP contribution in [0, 0.1) is 16.0 Å². The van der Waals surface area contributed by atoms with Gasteiger partial charge in [0, 0.05) is 11.1 Å². The number of hydrogen-bond donors (Lipinski definition) is 2. The second-order valence-corrected chi connectivity index (χ2v) is 5.46. The summed E-state index contributed by atoms with van der Waals surface area (Å²) < 4.78 is 0. The van der Waals surface area contributed by atoms with E-state index in [-0.39, 0.29) is 11.6 Å². The fraction of sp³-hybridized carbons (Fsp3) is 0.538. The van der Waals surface area contributed by atoms with Crippen LogP contribution in [0.4, 0.5) is 5.69 Å². The van der Waals surface area contributed by atoms with Gasteiger partial charge in [-0.15, -0.1) is 0 Å². The zero-order valence-electron chi connectivity index (χ0n) is 10.5. The molecule has 1 aliphatic carbocycles. The highest BCUT2D eigenvalue weighted by Crippen LogP contribution is 2.35. The van der Waals surface area contributed by atoms with Crippen LogP contribution in [-0.4, -0.2) is 16.1 Å². The van der Waals surface area contributed by atoms with E-state index in [1.165, 1.54) is 18.2 Å². The molecule has 2 atom stereocenters. The topological polar surface area (TPSA) is 89.4 Å². The van der Waals surface area contributed by atoms with Gasteiger partial charge in [0.25, 0.3) is 5.69 Å². The first-order chi connectivity index (χ1) is 9.00. The molecule has 2 rings (SSSR count). The first-order valence-corrected chi connectivity index (χ1v) is 6.76. The van der Waals surface area contributed by atoms with Crippen LogP contribution in [0.1, 0.15) is 37.3 Å². The Hall–Kier alpha value is -1.17. The molecular formula is C13H17ClN2O3. The third-order valence-electron chi connectivity index (χ3n) is 3.80. The molecule has 0 unspecified atom stereocenters. The first kappa shape index (κ1) is 14.2. The van der Waals surface area contributed by atoms with Crippen molar-refractivity contribution in [2.24, 2.45) is 11.7 Å². The summed E-state index contributed by atoms with van der Waals surface area (Å²) in [4.78, 5) is 10.5. The summed E-state index contributed by atoms with van der Waals surface area (Å²) in [6.45, 7) is 0. The fourth-order valence-electron chi connectivity index (χ4n) is 2.73. The minimum absolute atomic E-state index is 0.0889. The van der Waals surface area contributed by atoms with Crippen molar-refractivity contribution in [3.05, 3.63) is 38.9 Å². The molecule has 1 aromatic rings. The van der Waals surface area contributed by atoms with Crippen LogP contribution in [0.15, 0.2) is 18.2 Å². The monoisotopic (exact) mass is 284 g/mol. The molecule has 1 saturated carbocycles. The lowest BCUT2D eigenvalue weighted by Crippen LogP contribution is -2.32. The summed E-state index contributed by atoms with van der Waals surface area (Å²) in [6, 6.07) is 3.49. The molecule has 0 aliphatic heterocycles. The van der Waals surface area contributed by atoms with Crippen molar-refractivity contribution in [1.82, 2.24) is 0 Å². The van der Waals surface area contributed by atoms with Crippen molar-refractivity contribution in [2.45, 2.75) is 37.8 Å². The Kier molecular flexibility index (Phi) is 4.39. The van der Waals surface area contributed by atoms with Crippen LogP contribution >= 0.6 is 11.6 Å². The van der Waals surface area contributed by atoms with Crippen molar-refractivity contribution >= 4 is 17.3 Å². The first-order valence-electron chi connectivity index (χ1n) is 6.38. The Morgan fingerprint density at radius 1 is 1.42 bits per heavy atom. The van der Waals surface area contributed by atoms with Crippen LogP contribution in [0.25, 0.3) is 0 Å². The number of aliphatic hydroxyl groups is 1. The van der Waals surface area contributed by atoms with Gasteiger partial charge < -0.3 is 10.8 Å². The molecule has 5 nitrogen and oxygen atoms in total. The molecule has 1 aliphatic rings. The second kappa shape index (κ2) is 5.86. The summed E-state index contributed by atoms with van der Waals surface area (Å²) in [5, 5.41) is 21.7. The minimum atomic E-state index is -0.776. The number of rotatable bonds is 4. The third kappa shape index (κ3) is 3.05. The maximum Gasteiger partial charge on any atom is 0.274 e. The largest absolute Gasteiger partial charge is 0.391 e. The molecule has 0 spiro atoms. The van der Waals surface area contributed by atoms with Crippen LogP contribution in [0.3, 0.4) is 0 Å². The minimum Gasteiger partial charge on any atom is -0.391 e. The molecule has 1 aromatic carbocycles. The van der Waals surface area contributed by atoms with Gasteiger partial charge in [0.2, 0.25) is 0 Å². The van der Waals surface area contributed by atoms with Gasteiger partial charge in [-0.2, -0.15) is 0 Å². The average Bonchev–Trinajstić information content (AvgIpc) is 2.90. The predicted octanol–water partition coefficient (Wildman–Crippen LogP) is 2.80. The normalized spacial score (nSPS) is 19.3. The molecule has 6 heteroatoms. The summed E-state index contributed by atoms with van der Waals surface area (Å²) in [5.74, 6) is 0.119. The van der Waals surface area contributed by atoms with E-state index in [0.717, 1.165) is 25.7 Å². The molecular weight excluding hydrogens is 268 g/mol. The van der Waals surface area contributed by atoms with Crippen LogP contribution < -0.4 is 5.73 Å². The number of aliphatic hydroxyl groups excluding tert-OH is 1. The Bertz CT molecular complexity index is 475. The third-order valence-corrected chi connectivity index (χ3v) is 4.03. The van der Waals surface area contributed by atoms with Crippen molar-refractivity contribution in [3.63, 3.8) is 0 Å². The molecule has 0 aromatic heterocycles. The highest BCUT2D eigenvalue weighted by Gasteiger charge is 2.32. The van der Waals surface area contributed by atoms with Gasteiger partial charge in [-0.1, -0.05) is 24.4 Å². The zero-order valence-corrected chi connectivity index (χ0v) is 11.2. The molecule has 0 amide bonds. The van der Waals surface area contributed by atoms with Crippen LogP contribution in [0.5, 0.6) is 0 Å². The highest BCUT2D eigenvalue weighted by molar-refractivity contribution is 6.30. The van der Waals surface area contributed by atoms with E-state index in [1.54, 1.807) is 0 Å². The molecule has 19 heavy (non-hydrogen) atoms. The lowest BCUT2D eigenvalue weighted by atomic mass is 9.90. The van der Waals surface area contributed by atoms with E-state index < -0.39 is 17.1 Å². The fourth-order valence-corrected chi connectivity index (χ4v) is 2.92. The van der Waals surface area contributed by atoms with E-state index in [4.69, 9.17) is 17.3 Å². The van der Waals surface area contributed by atoms with Gasteiger partial charge in [-0.3, -0.25) is 10.1 Å². The van der Waals surface area contributed by atoms with Gasteiger partial charge in [0.1, 0.15) is 0 Å². The summed E-state index contributed by atoms with van der Waals surface area (Å²) in [7, 11) is 0. The van der Waals surface area contributed by atoms with Gasteiger partial charge >= 0.3 is 0 Å². The summed E-state index contributed by atoms with van der Waals surface area (Å²) >= 11 is 5.87. The Morgan fingerprint density at radius 3 is 2.63 bits per heavy atom. The molecule has 0 bridgehead atoms. The molecule has 0 heterocycles. The quantitative estimate of drug-likeness (QED) is 0.657. The van der Waals surface area contributed by atoms with Crippen LogP contribution in [0.2, 0.25) is 5.02 Å². The van der Waals surface area contributed by atoms with E-state index in [9.17, 15) is 15.2 Å². The summed E-state index contributed by atoms with van der Waals surface area (Å²) in [5.41, 5.74) is 6.23. The number of halogens is 1.